The van der Waals surface area contributed by atoms with Crippen molar-refractivity contribution in [1.82, 2.24) is 14.3 Å². The van der Waals surface area contributed by atoms with Crippen LogP contribution in [0.3, 0.4) is 0 Å². The molecule has 0 amide bonds. The van der Waals surface area contributed by atoms with E-state index in [1.165, 1.54) is 17.0 Å². The molecule has 0 fully saturated rings. The Morgan fingerprint density at radius 1 is 1.04 bits per heavy atom. The summed E-state index contributed by atoms with van der Waals surface area (Å²) < 4.78 is 28.4. The number of aryl methyl sites for hydroxylation is 1. The summed E-state index contributed by atoms with van der Waals surface area (Å²) in [5, 5.41) is 0. The summed E-state index contributed by atoms with van der Waals surface area (Å²) in [7, 11) is -3.60. The van der Waals surface area contributed by atoms with Gasteiger partial charge >= 0.3 is 0 Å². The molecule has 3 rings (SSSR count). The third-order valence-corrected chi connectivity index (χ3v) is 5.40. The summed E-state index contributed by atoms with van der Waals surface area (Å²) in [4.78, 5) is 16.7. The third kappa shape index (κ3) is 4.25. The zero-order valence-electron chi connectivity index (χ0n) is 14.3. The van der Waals surface area contributed by atoms with Crippen LogP contribution in [0, 0.1) is 6.92 Å². The molecule has 1 aromatic heterocycles. The SMILES string of the molecule is Cc1ccc(S(=O)(=O)NCCn2cnc(-c3ccccc3)cc2=O)cc1. The van der Waals surface area contributed by atoms with Gasteiger partial charge in [-0.05, 0) is 19.1 Å². The molecule has 0 aliphatic heterocycles. The fourth-order valence-corrected chi connectivity index (χ4v) is 3.48. The molecule has 0 saturated carbocycles. The molecule has 0 aliphatic rings. The molecule has 7 heteroatoms. The van der Waals surface area contributed by atoms with Crippen molar-refractivity contribution in [2.75, 3.05) is 6.54 Å². The van der Waals surface area contributed by atoms with Gasteiger partial charge in [-0.2, -0.15) is 0 Å². The van der Waals surface area contributed by atoms with Gasteiger partial charge in [-0.1, -0.05) is 48.0 Å². The first kappa shape index (κ1) is 18.0. The minimum Gasteiger partial charge on any atom is -0.298 e. The Balaban J connectivity index is 1.67. The molecule has 26 heavy (non-hydrogen) atoms. The molecule has 134 valence electrons. The zero-order chi connectivity index (χ0) is 18.6. The Hall–Kier alpha value is -2.77. The Morgan fingerprint density at radius 3 is 2.38 bits per heavy atom. The van der Waals surface area contributed by atoms with Crippen LogP contribution in [0.1, 0.15) is 5.56 Å². The predicted octanol–water partition coefficient (Wildman–Crippen LogP) is 2.20. The molecule has 1 heterocycles. The minimum atomic E-state index is -3.60. The average molecular weight is 369 g/mol. The van der Waals surface area contributed by atoms with E-state index in [4.69, 9.17) is 0 Å². The fraction of sp³-hybridized carbons (Fsp3) is 0.158. The molecule has 0 aliphatic carbocycles. The Bertz CT molecular complexity index is 1040. The highest BCUT2D eigenvalue weighted by atomic mass is 32.2. The molecule has 0 spiro atoms. The van der Waals surface area contributed by atoms with Gasteiger partial charge in [0, 0.05) is 24.7 Å². The van der Waals surface area contributed by atoms with Crippen molar-refractivity contribution in [3.8, 4) is 11.3 Å². The number of aromatic nitrogens is 2. The summed E-state index contributed by atoms with van der Waals surface area (Å²) in [6, 6.07) is 17.4. The molecule has 0 bridgehead atoms. The van der Waals surface area contributed by atoms with E-state index in [1.54, 1.807) is 24.3 Å². The van der Waals surface area contributed by atoms with Crippen LogP contribution in [0.15, 0.2) is 76.7 Å². The fourth-order valence-electron chi connectivity index (χ4n) is 2.46. The summed E-state index contributed by atoms with van der Waals surface area (Å²) in [5.74, 6) is 0. The standard InChI is InChI=1S/C19H19N3O3S/c1-15-7-9-17(10-8-15)26(24,25)21-11-12-22-14-20-18(13-19(22)23)16-5-3-2-4-6-16/h2-10,13-14,21H,11-12H2,1H3. The molecule has 0 unspecified atom stereocenters. The van der Waals surface area contributed by atoms with E-state index in [2.05, 4.69) is 9.71 Å². The second-order valence-electron chi connectivity index (χ2n) is 5.88. The van der Waals surface area contributed by atoms with Gasteiger partial charge in [0.15, 0.2) is 0 Å². The van der Waals surface area contributed by atoms with Gasteiger partial charge in [-0.25, -0.2) is 18.1 Å². The smallest absolute Gasteiger partial charge is 0.253 e. The first-order chi connectivity index (χ1) is 12.5. The maximum Gasteiger partial charge on any atom is 0.253 e. The van der Waals surface area contributed by atoms with Crippen molar-refractivity contribution in [1.29, 1.82) is 0 Å². The number of hydrogen-bond donors (Lipinski definition) is 1. The van der Waals surface area contributed by atoms with Crippen molar-refractivity contribution < 1.29 is 8.42 Å². The Morgan fingerprint density at radius 2 is 1.73 bits per heavy atom. The van der Waals surface area contributed by atoms with Crippen LogP contribution >= 0.6 is 0 Å². The van der Waals surface area contributed by atoms with Crippen LogP contribution in [0.5, 0.6) is 0 Å². The van der Waals surface area contributed by atoms with Gasteiger partial charge in [0.25, 0.3) is 5.56 Å². The predicted molar refractivity (Wildman–Crippen MR) is 100 cm³/mol. The molecule has 0 saturated heterocycles. The molecular formula is C19H19N3O3S. The van der Waals surface area contributed by atoms with E-state index in [9.17, 15) is 13.2 Å². The molecule has 0 radical (unpaired) electrons. The van der Waals surface area contributed by atoms with E-state index in [-0.39, 0.29) is 23.5 Å². The van der Waals surface area contributed by atoms with Crippen molar-refractivity contribution in [2.45, 2.75) is 18.4 Å². The topological polar surface area (TPSA) is 81.1 Å². The molecule has 3 aromatic rings. The van der Waals surface area contributed by atoms with E-state index >= 15 is 0 Å². The maximum absolute atomic E-state index is 12.2. The normalized spacial score (nSPS) is 11.4. The monoisotopic (exact) mass is 369 g/mol. The summed E-state index contributed by atoms with van der Waals surface area (Å²) in [6.45, 7) is 2.19. The Labute approximate surface area is 152 Å². The maximum atomic E-state index is 12.2. The number of sulfonamides is 1. The van der Waals surface area contributed by atoms with E-state index < -0.39 is 10.0 Å². The minimum absolute atomic E-state index is 0.0997. The quantitative estimate of drug-likeness (QED) is 0.722. The average Bonchev–Trinajstić information content (AvgIpc) is 2.64. The largest absolute Gasteiger partial charge is 0.298 e. The number of hydrogen-bond acceptors (Lipinski definition) is 4. The highest BCUT2D eigenvalue weighted by Crippen LogP contribution is 2.13. The molecule has 2 aromatic carbocycles. The van der Waals surface area contributed by atoms with Gasteiger partial charge in [0.1, 0.15) is 0 Å². The van der Waals surface area contributed by atoms with E-state index in [0.29, 0.717) is 5.69 Å². The lowest BCUT2D eigenvalue weighted by atomic mass is 10.1. The molecular weight excluding hydrogens is 350 g/mol. The number of rotatable bonds is 6. The lowest BCUT2D eigenvalue weighted by molar-refractivity contribution is 0.569. The Kier molecular flexibility index (Phi) is 5.29. The van der Waals surface area contributed by atoms with Crippen LogP contribution in [0.2, 0.25) is 0 Å². The number of nitrogens with zero attached hydrogens (tertiary/aromatic N) is 2. The van der Waals surface area contributed by atoms with Gasteiger partial charge in [-0.15, -0.1) is 0 Å². The lowest BCUT2D eigenvalue weighted by Gasteiger charge is -2.09. The lowest BCUT2D eigenvalue weighted by Crippen LogP contribution is -2.30. The second kappa shape index (κ2) is 7.63. The van der Waals surface area contributed by atoms with Gasteiger partial charge in [0.05, 0.1) is 16.9 Å². The molecule has 6 nitrogen and oxygen atoms in total. The summed E-state index contributed by atoms with van der Waals surface area (Å²) in [6.07, 6.45) is 1.44. The van der Waals surface area contributed by atoms with Gasteiger partial charge < -0.3 is 0 Å². The van der Waals surface area contributed by atoms with Crippen molar-refractivity contribution in [3.05, 3.63) is 82.9 Å². The van der Waals surface area contributed by atoms with Crippen LogP contribution in [0.25, 0.3) is 11.3 Å². The molecule has 0 atom stereocenters. The number of nitrogens with one attached hydrogen (secondary N) is 1. The highest BCUT2D eigenvalue weighted by Gasteiger charge is 2.13. The van der Waals surface area contributed by atoms with Crippen LogP contribution < -0.4 is 10.3 Å². The van der Waals surface area contributed by atoms with Gasteiger partial charge in [0.2, 0.25) is 10.0 Å². The van der Waals surface area contributed by atoms with Crippen molar-refractivity contribution in [2.24, 2.45) is 0 Å². The van der Waals surface area contributed by atoms with Crippen LogP contribution in [0.4, 0.5) is 0 Å². The van der Waals surface area contributed by atoms with Crippen molar-refractivity contribution in [3.63, 3.8) is 0 Å². The first-order valence-electron chi connectivity index (χ1n) is 8.14. The second-order valence-corrected chi connectivity index (χ2v) is 7.65. The van der Waals surface area contributed by atoms with E-state index in [1.807, 2.05) is 37.3 Å². The van der Waals surface area contributed by atoms with Crippen LogP contribution in [-0.4, -0.2) is 24.5 Å². The van der Waals surface area contributed by atoms with Crippen LogP contribution in [-0.2, 0) is 16.6 Å². The first-order valence-corrected chi connectivity index (χ1v) is 9.62. The summed E-state index contributed by atoms with van der Waals surface area (Å²) >= 11 is 0. The third-order valence-electron chi connectivity index (χ3n) is 3.93. The van der Waals surface area contributed by atoms with E-state index in [0.717, 1.165) is 11.1 Å². The summed E-state index contributed by atoms with van der Waals surface area (Å²) in [5.41, 5.74) is 2.21. The molecule has 1 N–H and O–H groups in total. The van der Waals surface area contributed by atoms with Gasteiger partial charge in [-0.3, -0.25) is 9.36 Å². The highest BCUT2D eigenvalue weighted by molar-refractivity contribution is 7.89. The number of benzene rings is 2. The zero-order valence-corrected chi connectivity index (χ0v) is 15.1. The van der Waals surface area contributed by atoms with Crippen molar-refractivity contribution >= 4 is 10.0 Å².